The average Bonchev–Trinajstić information content (AvgIpc) is 3.35. The smallest absolute Gasteiger partial charge is 0.318 e. The number of fused-ring (bicyclic) bond motifs is 1. The summed E-state index contributed by atoms with van der Waals surface area (Å²) in [5.41, 5.74) is 1.92. The molecule has 0 atom stereocenters. The largest absolute Gasteiger partial charge is 0.497 e. The first-order chi connectivity index (χ1) is 14.9. The van der Waals surface area contributed by atoms with Crippen molar-refractivity contribution in [2.45, 2.75) is 46.7 Å². The van der Waals surface area contributed by atoms with Gasteiger partial charge < -0.3 is 15.0 Å². The molecule has 9 heteroatoms. The highest BCUT2D eigenvalue weighted by atomic mass is 16.5. The van der Waals surface area contributed by atoms with Gasteiger partial charge in [-0.3, -0.25) is 14.5 Å². The Labute approximate surface area is 182 Å². The monoisotopic (exact) mass is 427 g/mol. The fourth-order valence-corrected chi connectivity index (χ4v) is 3.45. The second kappa shape index (κ2) is 9.63. The van der Waals surface area contributed by atoms with E-state index in [1.807, 2.05) is 0 Å². The van der Waals surface area contributed by atoms with Gasteiger partial charge in [-0.1, -0.05) is 27.2 Å². The Morgan fingerprint density at radius 3 is 2.55 bits per heavy atom. The summed E-state index contributed by atoms with van der Waals surface area (Å²) in [7, 11) is 1.57. The summed E-state index contributed by atoms with van der Waals surface area (Å²) in [6.07, 6.45) is 2.55. The lowest BCUT2D eigenvalue weighted by molar-refractivity contribution is -0.106. The molecule has 0 saturated heterocycles. The molecule has 0 unspecified atom stereocenters. The van der Waals surface area contributed by atoms with Crippen molar-refractivity contribution in [1.82, 2.24) is 20.0 Å². The molecule has 0 radical (unpaired) electrons. The molecule has 0 bridgehead atoms. The fraction of sp³-hybridized carbons (Fsp3) is 0.455. The highest BCUT2D eigenvalue weighted by Crippen LogP contribution is 2.35. The molecule has 3 rings (SSSR count). The molecule has 1 aromatic carbocycles. The van der Waals surface area contributed by atoms with Gasteiger partial charge in [0.25, 0.3) is 0 Å². The van der Waals surface area contributed by atoms with Crippen LogP contribution in [-0.2, 0) is 17.9 Å². The molecule has 1 aromatic heterocycles. The van der Waals surface area contributed by atoms with E-state index < -0.39 is 0 Å². The maximum Gasteiger partial charge on any atom is 0.318 e. The van der Waals surface area contributed by atoms with Gasteiger partial charge in [0.15, 0.2) is 5.82 Å². The number of rotatable bonds is 8. The Bertz CT molecular complexity index is 952. The van der Waals surface area contributed by atoms with Crippen LogP contribution in [-0.4, -0.2) is 46.7 Å². The third-order valence-electron chi connectivity index (χ3n) is 5.24. The summed E-state index contributed by atoms with van der Waals surface area (Å²) < 4.78 is 6.52. The van der Waals surface area contributed by atoms with Crippen LogP contribution in [0.4, 0.5) is 16.3 Å². The summed E-state index contributed by atoms with van der Waals surface area (Å²) in [6.45, 7) is 6.77. The van der Waals surface area contributed by atoms with Crippen LogP contribution in [0.3, 0.4) is 0 Å². The Hall–Kier alpha value is -3.36. The summed E-state index contributed by atoms with van der Waals surface area (Å²) in [5, 5.41) is 7.39. The van der Waals surface area contributed by atoms with Crippen molar-refractivity contribution in [3.05, 3.63) is 35.5 Å². The molecule has 2 aromatic rings. The Kier molecular flexibility index (Phi) is 6.94. The van der Waals surface area contributed by atoms with E-state index in [0.717, 1.165) is 12.8 Å². The van der Waals surface area contributed by atoms with Crippen molar-refractivity contribution < 1.29 is 19.1 Å². The number of hydrogen-bond donors (Lipinski definition) is 1. The molecular formula is C22H29N5O4. The summed E-state index contributed by atoms with van der Waals surface area (Å²) in [6, 6.07) is 6.78. The van der Waals surface area contributed by atoms with Crippen LogP contribution in [0.2, 0.25) is 0 Å². The molecule has 0 spiro atoms. The van der Waals surface area contributed by atoms with Crippen LogP contribution in [0.5, 0.6) is 5.75 Å². The zero-order valence-corrected chi connectivity index (χ0v) is 18.4. The lowest BCUT2D eigenvalue weighted by atomic mass is 10.2. The number of carbonyl (C=O) groups excluding carboxylic acids is 3. The molecule has 3 amide bonds. The number of nitrogens with zero attached hydrogens (tertiary/aromatic N) is 4. The molecule has 31 heavy (non-hydrogen) atoms. The average molecular weight is 428 g/mol. The third-order valence-corrected chi connectivity index (χ3v) is 5.24. The maximum absolute atomic E-state index is 12.8. The number of nitrogens with one attached hydrogen (secondary N) is 1. The van der Waals surface area contributed by atoms with Gasteiger partial charge in [-0.2, -0.15) is 0 Å². The minimum Gasteiger partial charge on any atom is -0.497 e. The van der Waals surface area contributed by atoms with Crippen molar-refractivity contribution in [1.29, 1.82) is 0 Å². The molecule has 1 N–H and O–H groups in total. The van der Waals surface area contributed by atoms with E-state index in [2.05, 4.69) is 17.3 Å². The molecule has 166 valence electrons. The van der Waals surface area contributed by atoms with Gasteiger partial charge in [-0.15, -0.1) is 5.10 Å². The van der Waals surface area contributed by atoms with Crippen molar-refractivity contribution in [3.63, 3.8) is 0 Å². The molecular weight excluding hydrogens is 398 g/mol. The number of anilines is 2. The predicted octanol–water partition coefficient (Wildman–Crippen LogP) is 3.31. The first-order valence-electron chi connectivity index (χ1n) is 10.5. The Morgan fingerprint density at radius 2 is 1.97 bits per heavy atom. The zero-order chi connectivity index (χ0) is 22.5. The molecule has 1 aliphatic rings. The van der Waals surface area contributed by atoms with Gasteiger partial charge in [0, 0.05) is 18.0 Å². The third kappa shape index (κ3) is 4.55. The normalized spacial score (nSPS) is 12.6. The zero-order valence-electron chi connectivity index (χ0n) is 18.4. The number of unbranched alkanes of at least 4 members (excludes halogenated alkanes) is 1. The van der Waals surface area contributed by atoms with Crippen molar-refractivity contribution >= 4 is 29.9 Å². The molecule has 0 aliphatic carbocycles. The van der Waals surface area contributed by atoms with E-state index in [0.29, 0.717) is 41.5 Å². The molecule has 0 saturated carbocycles. The molecule has 9 nitrogen and oxygen atoms in total. The second-order valence-corrected chi connectivity index (χ2v) is 7.77. The minimum atomic E-state index is -0.282. The quantitative estimate of drug-likeness (QED) is 0.515. The van der Waals surface area contributed by atoms with Crippen LogP contribution >= 0.6 is 0 Å². The summed E-state index contributed by atoms with van der Waals surface area (Å²) in [5.74, 6) is 0.551. The molecule has 1 aliphatic heterocycles. The minimum absolute atomic E-state index is 0.184. The first kappa shape index (κ1) is 22.3. The number of carbonyl (C=O) groups is 3. The van der Waals surface area contributed by atoms with Gasteiger partial charge in [0.1, 0.15) is 5.75 Å². The van der Waals surface area contributed by atoms with Crippen LogP contribution in [0.15, 0.2) is 24.3 Å². The van der Waals surface area contributed by atoms with Crippen LogP contribution in [0.1, 0.15) is 49.7 Å². The van der Waals surface area contributed by atoms with Gasteiger partial charge in [-0.05, 0) is 30.7 Å². The van der Waals surface area contributed by atoms with Crippen molar-refractivity contribution in [2.24, 2.45) is 5.92 Å². The SMILES string of the molecule is CCCCNC(=O)N1Cc2c(N(C=O)c3ccc(OC)cc3)nn(C(=O)C(C)C)c2C1. The van der Waals surface area contributed by atoms with Crippen molar-refractivity contribution in [3.8, 4) is 5.75 Å². The standard InChI is InChI=1S/C22H29N5O4/c1-5-6-11-23-22(30)25-12-18-19(13-25)27(21(29)15(2)3)24-20(18)26(14-28)16-7-9-17(31-4)10-8-16/h7-10,14-15H,5-6,11-13H2,1-4H3,(H,23,30). The highest BCUT2D eigenvalue weighted by Gasteiger charge is 2.35. The second-order valence-electron chi connectivity index (χ2n) is 7.77. The lowest BCUT2D eigenvalue weighted by Crippen LogP contribution is -2.37. The first-order valence-corrected chi connectivity index (χ1v) is 10.5. The van der Waals surface area contributed by atoms with E-state index in [1.54, 1.807) is 50.1 Å². The van der Waals surface area contributed by atoms with E-state index >= 15 is 0 Å². The van der Waals surface area contributed by atoms with Crippen molar-refractivity contribution in [2.75, 3.05) is 18.6 Å². The highest BCUT2D eigenvalue weighted by molar-refractivity contribution is 5.89. The summed E-state index contributed by atoms with van der Waals surface area (Å²) in [4.78, 5) is 40.4. The maximum atomic E-state index is 12.8. The van der Waals surface area contributed by atoms with Crippen LogP contribution < -0.4 is 15.0 Å². The lowest BCUT2D eigenvalue weighted by Gasteiger charge is -2.20. The number of urea groups is 1. The molecule has 0 fully saturated rings. The van der Waals surface area contributed by atoms with Crippen LogP contribution in [0, 0.1) is 5.92 Å². The fourth-order valence-electron chi connectivity index (χ4n) is 3.45. The topological polar surface area (TPSA) is 96.8 Å². The van der Waals surface area contributed by atoms with Gasteiger partial charge >= 0.3 is 6.03 Å². The van der Waals surface area contributed by atoms with E-state index in [4.69, 9.17) is 4.74 Å². The Morgan fingerprint density at radius 1 is 1.26 bits per heavy atom. The number of methoxy groups -OCH3 is 1. The summed E-state index contributed by atoms with van der Waals surface area (Å²) >= 11 is 0. The van der Waals surface area contributed by atoms with Gasteiger partial charge in [0.05, 0.1) is 31.6 Å². The number of aromatic nitrogens is 2. The predicted molar refractivity (Wildman–Crippen MR) is 116 cm³/mol. The number of benzene rings is 1. The van der Waals surface area contributed by atoms with Crippen LogP contribution in [0.25, 0.3) is 0 Å². The van der Waals surface area contributed by atoms with E-state index in [1.165, 1.54) is 9.58 Å². The van der Waals surface area contributed by atoms with E-state index in [-0.39, 0.29) is 30.9 Å². The van der Waals surface area contributed by atoms with Gasteiger partial charge in [0.2, 0.25) is 12.3 Å². The number of ether oxygens (including phenoxy) is 1. The Balaban J connectivity index is 1.96. The van der Waals surface area contributed by atoms with Gasteiger partial charge in [-0.25, -0.2) is 9.48 Å². The number of hydrogen-bond acceptors (Lipinski definition) is 5. The molecule has 2 heterocycles. The van der Waals surface area contributed by atoms with E-state index in [9.17, 15) is 14.4 Å². The number of amides is 3.